The second-order valence-corrected chi connectivity index (χ2v) is 13.6. The number of carbonyl (C=O) groups is 2. The number of nitrogens with one attached hydrogen (secondary N) is 1. The summed E-state index contributed by atoms with van der Waals surface area (Å²) in [4.78, 5) is 31.1. The van der Waals surface area contributed by atoms with E-state index in [9.17, 15) is 36.4 Å². The first-order valence-corrected chi connectivity index (χ1v) is 14.7. The first kappa shape index (κ1) is 28.0. The zero-order chi connectivity index (χ0) is 28.4. The summed E-state index contributed by atoms with van der Waals surface area (Å²) in [5.41, 5.74) is -3.00. The minimum atomic E-state index is -4.82. The highest BCUT2D eigenvalue weighted by Crippen LogP contribution is 2.59. The van der Waals surface area contributed by atoms with Crippen LogP contribution in [-0.4, -0.2) is 92.8 Å². The summed E-state index contributed by atoms with van der Waals surface area (Å²) in [5, 5.41) is 10.5. The Bertz CT molecular complexity index is 1330. The lowest BCUT2D eigenvalue weighted by Gasteiger charge is -2.34. The third-order valence-electron chi connectivity index (χ3n) is 8.38. The zero-order valence-electron chi connectivity index (χ0n) is 21.3. The van der Waals surface area contributed by atoms with Crippen molar-refractivity contribution in [3.8, 4) is 6.07 Å². The molecular weight excluding hydrogens is 559 g/mol. The molecule has 2 saturated carbocycles. The molecule has 2 amide bonds. The normalized spacial score (nSPS) is 26.2. The van der Waals surface area contributed by atoms with Gasteiger partial charge in [-0.1, -0.05) is 11.6 Å². The zero-order valence-corrected chi connectivity index (χ0v) is 22.9. The van der Waals surface area contributed by atoms with Crippen LogP contribution in [0.3, 0.4) is 0 Å². The Morgan fingerprint density at radius 2 is 1.77 bits per heavy atom. The topological polar surface area (TPSA) is 114 Å². The van der Waals surface area contributed by atoms with Gasteiger partial charge < -0.3 is 20.0 Å². The van der Waals surface area contributed by atoms with E-state index in [0.29, 0.717) is 12.8 Å². The molecule has 4 fully saturated rings. The number of sulfone groups is 1. The molecule has 212 valence electrons. The number of alkyl halides is 3. The summed E-state index contributed by atoms with van der Waals surface area (Å²) in [7, 11) is -2.22. The SMILES string of the molecule is CN1CCN(c2ccc(S(=O)(=O)C3C[C@H](C(=O)NC4(C#N)CC4)N(C(=O)C4(C(F)(F)F)CC4)C3)c(Cl)c2)CC1. The van der Waals surface area contributed by atoms with E-state index >= 15 is 0 Å². The fourth-order valence-corrected chi connectivity index (χ4v) is 7.62. The number of likely N-dealkylation sites (N-methyl/N-ethyl adjacent to an activating group) is 1. The largest absolute Gasteiger partial charge is 0.403 e. The Kier molecular flexibility index (Phi) is 6.83. The number of hydrogen-bond donors (Lipinski definition) is 1. The second-order valence-electron chi connectivity index (χ2n) is 11.0. The van der Waals surface area contributed by atoms with E-state index in [4.69, 9.17) is 11.6 Å². The third kappa shape index (κ3) is 4.95. The van der Waals surface area contributed by atoms with Gasteiger partial charge in [-0.05, 0) is 57.4 Å². The van der Waals surface area contributed by atoms with Crippen LogP contribution in [0.5, 0.6) is 0 Å². The van der Waals surface area contributed by atoms with Gasteiger partial charge in [0, 0.05) is 38.4 Å². The Hall–Kier alpha value is -2.56. The van der Waals surface area contributed by atoms with E-state index < -0.39 is 75.9 Å². The summed E-state index contributed by atoms with van der Waals surface area (Å²) < 4.78 is 68.8. The maximum atomic E-state index is 13.8. The van der Waals surface area contributed by atoms with E-state index in [2.05, 4.69) is 15.1 Å². The van der Waals surface area contributed by atoms with Crippen molar-refractivity contribution in [2.75, 3.05) is 44.7 Å². The van der Waals surface area contributed by atoms with Gasteiger partial charge >= 0.3 is 6.18 Å². The predicted molar refractivity (Wildman–Crippen MR) is 136 cm³/mol. The molecule has 9 nitrogen and oxygen atoms in total. The number of nitrogens with zero attached hydrogens (tertiary/aromatic N) is 4. The van der Waals surface area contributed by atoms with Gasteiger partial charge in [0.25, 0.3) is 0 Å². The van der Waals surface area contributed by atoms with Gasteiger partial charge in [0.15, 0.2) is 9.84 Å². The Morgan fingerprint density at radius 3 is 2.28 bits per heavy atom. The predicted octanol–water partition coefficient (Wildman–Crippen LogP) is 2.35. The van der Waals surface area contributed by atoms with Crippen molar-refractivity contribution < 1.29 is 31.2 Å². The molecular formula is C25H29ClF3N5O4S. The van der Waals surface area contributed by atoms with Crippen LogP contribution in [0.1, 0.15) is 32.1 Å². The van der Waals surface area contributed by atoms with E-state index in [-0.39, 0.29) is 9.92 Å². The van der Waals surface area contributed by atoms with Crippen LogP contribution in [0, 0.1) is 16.7 Å². The average molecular weight is 588 g/mol. The minimum absolute atomic E-state index is 0.0347. The molecule has 2 heterocycles. The van der Waals surface area contributed by atoms with Crippen molar-refractivity contribution in [3.63, 3.8) is 0 Å². The molecule has 14 heteroatoms. The van der Waals surface area contributed by atoms with E-state index in [1.54, 1.807) is 12.1 Å². The van der Waals surface area contributed by atoms with Crippen LogP contribution >= 0.6 is 11.6 Å². The standard InChI is InChI=1S/C25H29ClF3N5O4S/c1-32-8-10-33(11-9-32)16-2-3-20(18(26)12-16)39(37,38)17-13-19(21(35)31-23(15-30)4-5-23)34(14-17)22(36)24(6-7-24)25(27,28)29/h2-3,12,17,19H,4-11,13-14H2,1H3,(H,31,35)/t17?,19-/m1/s1. The van der Waals surface area contributed by atoms with Gasteiger partial charge in [-0.15, -0.1) is 0 Å². The molecule has 1 N–H and O–H groups in total. The fraction of sp³-hybridized carbons (Fsp3) is 0.640. The number of halogens is 4. The molecule has 4 aliphatic rings. The van der Waals surface area contributed by atoms with Gasteiger partial charge in [0.2, 0.25) is 11.8 Å². The number of rotatable bonds is 6. The number of anilines is 1. The highest BCUT2D eigenvalue weighted by Gasteiger charge is 2.70. The van der Waals surface area contributed by atoms with Crippen LogP contribution < -0.4 is 10.2 Å². The van der Waals surface area contributed by atoms with Gasteiger partial charge in [0.05, 0.1) is 21.2 Å². The van der Waals surface area contributed by atoms with Crippen molar-refractivity contribution in [1.82, 2.24) is 15.1 Å². The molecule has 2 aliphatic heterocycles. The monoisotopic (exact) mass is 587 g/mol. The lowest BCUT2D eigenvalue weighted by Crippen LogP contribution is -2.53. The number of carbonyl (C=O) groups excluding carboxylic acids is 2. The van der Waals surface area contributed by atoms with Crippen molar-refractivity contribution in [1.29, 1.82) is 5.26 Å². The number of amides is 2. The van der Waals surface area contributed by atoms with Crippen LogP contribution in [0.4, 0.5) is 18.9 Å². The molecule has 1 unspecified atom stereocenters. The number of benzene rings is 1. The van der Waals surface area contributed by atoms with Crippen molar-refractivity contribution >= 4 is 38.9 Å². The first-order valence-electron chi connectivity index (χ1n) is 12.8. The minimum Gasteiger partial charge on any atom is -0.369 e. The Labute approximate surface area is 229 Å². The van der Waals surface area contributed by atoms with E-state index in [0.717, 1.165) is 36.8 Å². The quantitative estimate of drug-likeness (QED) is 0.543. The summed E-state index contributed by atoms with van der Waals surface area (Å²) in [6.07, 6.45) is -5.31. The molecule has 2 aliphatic carbocycles. The third-order valence-corrected chi connectivity index (χ3v) is 11.0. The van der Waals surface area contributed by atoms with Gasteiger partial charge in [0.1, 0.15) is 17.0 Å². The van der Waals surface area contributed by atoms with Crippen LogP contribution in [0.15, 0.2) is 23.1 Å². The number of hydrogen-bond acceptors (Lipinski definition) is 7. The van der Waals surface area contributed by atoms with Crippen LogP contribution in [0.25, 0.3) is 0 Å². The molecule has 0 aromatic heterocycles. The summed E-state index contributed by atoms with van der Waals surface area (Å²) in [6, 6.07) is 5.08. The molecule has 1 aromatic carbocycles. The number of nitriles is 1. The molecule has 5 rings (SSSR count). The Balaban J connectivity index is 1.41. The molecule has 0 radical (unpaired) electrons. The molecule has 1 aromatic rings. The lowest BCUT2D eigenvalue weighted by molar-refractivity contribution is -0.199. The van der Waals surface area contributed by atoms with Crippen molar-refractivity contribution in [2.24, 2.45) is 5.41 Å². The second kappa shape index (κ2) is 9.52. The van der Waals surface area contributed by atoms with E-state index in [1.807, 2.05) is 13.1 Å². The molecule has 2 atom stereocenters. The number of likely N-dealkylation sites (tertiary alicyclic amines) is 1. The maximum Gasteiger partial charge on any atom is 0.403 e. The molecule has 0 bridgehead atoms. The molecule has 39 heavy (non-hydrogen) atoms. The van der Waals surface area contributed by atoms with Crippen molar-refractivity contribution in [2.45, 2.75) is 60.0 Å². The summed E-state index contributed by atoms with van der Waals surface area (Å²) in [5.74, 6) is -2.12. The molecule has 2 saturated heterocycles. The van der Waals surface area contributed by atoms with Gasteiger partial charge in [-0.2, -0.15) is 18.4 Å². The fourth-order valence-electron chi connectivity index (χ4n) is 5.38. The van der Waals surface area contributed by atoms with Gasteiger partial charge in [-0.3, -0.25) is 9.59 Å². The van der Waals surface area contributed by atoms with E-state index in [1.165, 1.54) is 6.07 Å². The summed E-state index contributed by atoms with van der Waals surface area (Å²) in [6.45, 7) is 2.56. The summed E-state index contributed by atoms with van der Waals surface area (Å²) >= 11 is 6.43. The average Bonchev–Trinajstić information content (AvgIpc) is 3.80. The maximum absolute atomic E-state index is 13.8. The smallest absolute Gasteiger partial charge is 0.369 e. The molecule has 0 spiro atoms. The highest BCUT2D eigenvalue weighted by molar-refractivity contribution is 7.92. The lowest BCUT2D eigenvalue weighted by atomic mass is 10.0. The first-order chi connectivity index (χ1) is 18.2. The van der Waals surface area contributed by atoms with Gasteiger partial charge in [-0.25, -0.2) is 8.42 Å². The Morgan fingerprint density at radius 1 is 1.13 bits per heavy atom. The number of piperazine rings is 1. The van der Waals surface area contributed by atoms with Crippen LogP contribution in [-0.2, 0) is 19.4 Å². The van der Waals surface area contributed by atoms with Crippen molar-refractivity contribution in [3.05, 3.63) is 23.2 Å². The van der Waals surface area contributed by atoms with Crippen LogP contribution in [0.2, 0.25) is 5.02 Å². The highest BCUT2D eigenvalue weighted by atomic mass is 35.5.